The molecule has 0 aromatic heterocycles. The fraction of sp³-hybridized carbons (Fsp3) is 0.611. The van der Waals surface area contributed by atoms with Crippen LogP contribution in [0.15, 0.2) is 29.3 Å². The van der Waals surface area contributed by atoms with Crippen molar-refractivity contribution in [3.8, 4) is 0 Å². The van der Waals surface area contributed by atoms with Gasteiger partial charge < -0.3 is 15.8 Å². The van der Waals surface area contributed by atoms with E-state index in [-0.39, 0.29) is 5.41 Å². The molecule has 4 nitrogen and oxygen atoms in total. The van der Waals surface area contributed by atoms with Crippen molar-refractivity contribution in [3.05, 3.63) is 35.4 Å². The highest BCUT2D eigenvalue weighted by molar-refractivity contribution is 5.77. The van der Waals surface area contributed by atoms with Gasteiger partial charge in [0.15, 0.2) is 5.96 Å². The minimum absolute atomic E-state index is 0.0493. The molecule has 0 spiro atoms. The number of hydrogen-bond donors (Lipinski definition) is 2. The van der Waals surface area contributed by atoms with E-state index in [1.807, 2.05) is 0 Å². The molecular formula is C18H29N3O. The summed E-state index contributed by atoms with van der Waals surface area (Å²) in [5.74, 6) is 1.11. The van der Waals surface area contributed by atoms with Crippen molar-refractivity contribution in [3.63, 3.8) is 0 Å². The summed E-state index contributed by atoms with van der Waals surface area (Å²) in [5.41, 5.74) is 8.79. The summed E-state index contributed by atoms with van der Waals surface area (Å²) < 4.78 is 5.58. The lowest BCUT2D eigenvalue weighted by Crippen LogP contribution is -2.40. The maximum atomic E-state index is 6.02. The van der Waals surface area contributed by atoms with Crippen molar-refractivity contribution in [1.29, 1.82) is 0 Å². The van der Waals surface area contributed by atoms with Crippen molar-refractivity contribution in [2.24, 2.45) is 16.6 Å². The van der Waals surface area contributed by atoms with E-state index >= 15 is 0 Å². The van der Waals surface area contributed by atoms with E-state index in [9.17, 15) is 0 Å². The zero-order chi connectivity index (χ0) is 16.0. The van der Waals surface area contributed by atoms with Crippen LogP contribution in [0.4, 0.5) is 0 Å². The molecule has 0 aliphatic carbocycles. The molecule has 1 aromatic rings. The van der Waals surface area contributed by atoms with E-state index in [1.165, 1.54) is 11.1 Å². The lowest BCUT2D eigenvalue weighted by molar-refractivity contribution is 0.0529. The van der Waals surface area contributed by atoms with Crippen LogP contribution in [-0.2, 0) is 10.2 Å². The Labute approximate surface area is 134 Å². The average molecular weight is 303 g/mol. The lowest BCUT2D eigenvalue weighted by atomic mass is 9.72. The van der Waals surface area contributed by atoms with E-state index < -0.39 is 0 Å². The van der Waals surface area contributed by atoms with Gasteiger partial charge in [-0.25, -0.2) is 0 Å². The van der Waals surface area contributed by atoms with E-state index in [1.54, 1.807) is 0 Å². The zero-order valence-corrected chi connectivity index (χ0v) is 14.1. The Kier molecular flexibility index (Phi) is 5.83. The number of aryl methyl sites for hydroxylation is 1. The smallest absolute Gasteiger partial charge is 0.188 e. The Morgan fingerprint density at radius 3 is 2.64 bits per heavy atom. The monoisotopic (exact) mass is 303 g/mol. The van der Waals surface area contributed by atoms with Gasteiger partial charge in [-0.2, -0.15) is 0 Å². The second kappa shape index (κ2) is 7.63. The molecule has 0 amide bonds. The summed E-state index contributed by atoms with van der Waals surface area (Å²) in [4.78, 5) is 4.64. The number of rotatable bonds is 5. The number of nitrogens with one attached hydrogen (secondary N) is 1. The number of ether oxygens (including phenoxy) is 1. The molecule has 1 aliphatic heterocycles. The molecular weight excluding hydrogens is 274 g/mol. The minimum atomic E-state index is 0.0493. The summed E-state index contributed by atoms with van der Waals surface area (Å²) >= 11 is 0. The maximum absolute atomic E-state index is 6.02. The standard InChI is InChI=1S/C18H29N3O/c1-14(2)12-20-17(19)21-13-18(8-10-22-11-9-18)16-7-5-4-6-15(16)3/h4-7,14H,8-13H2,1-3H3,(H3,19,20,21). The van der Waals surface area contributed by atoms with Crippen LogP contribution in [0.3, 0.4) is 0 Å². The molecule has 0 radical (unpaired) electrons. The first-order valence-electron chi connectivity index (χ1n) is 8.21. The van der Waals surface area contributed by atoms with Gasteiger partial charge in [0.25, 0.3) is 0 Å². The van der Waals surface area contributed by atoms with Crippen LogP contribution in [-0.4, -0.2) is 32.3 Å². The quantitative estimate of drug-likeness (QED) is 0.649. The van der Waals surface area contributed by atoms with Gasteiger partial charge in [-0.1, -0.05) is 38.1 Å². The fourth-order valence-corrected chi connectivity index (χ4v) is 3.04. The predicted octanol–water partition coefficient (Wildman–Crippen LogP) is 2.60. The van der Waals surface area contributed by atoms with Crippen LogP contribution in [0.25, 0.3) is 0 Å². The third-order valence-corrected chi connectivity index (χ3v) is 4.41. The fourth-order valence-electron chi connectivity index (χ4n) is 3.04. The number of nitrogens with zero attached hydrogens (tertiary/aromatic N) is 1. The van der Waals surface area contributed by atoms with Crippen LogP contribution in [0, 0.1) is 12.8 Å². The highest BCUT2D eigenvalue weighted by Gasteiger charge is 2.35. The first-order chi connectivity index (χ1) is 10.5. The molecule has 22 heavy (non-hydrogen) atoms. The number of hydrogen-bond acceptors (Lipinski definition) is 2. The molecule has 122 valence electrons. The average Bonchev–Trinajstić information content (AvgIpc) is 2.52. The Balaban J connectivity index is 2.16. The van der Waals surface area contributed by atoms with Crippen LogP contribution in [0.2, 0.25) is 0 Å². The lowest BCUT2D eigenvalue weighted by Gasteiger charge is -2.37. The molecule has 3 N–H and O–H groups in total. The van der Waals surface area contributed by atoms with Crippen molar-refractivity contribution in [2.45, 2.75) is 39.0 Å². The first kappa shape index (κ1) is 16.8. The van der Waals surface area contributed by atoms with Crippen LogP contribution >= 0.6 is 0 Å². The second-order valence-electron chi connectivity index (χ2n) is 6.68. The highest BCUT2D eigenvalue weighted by Crippen LogP contribution is 2.36. The van der Waals surface area contributed by atoms with Crippen LogP contribution in [0.1, 0.15) is 37.8 Å². The summed E-state index contributed by atoms with van der Waals surface area (Å²) in [6.07, 6.45) is 2.00. The molecule has 1 saturated heterocycles. The van der Waals surface area contributed by atoms with Crippen LogP contribution in [0.5, 0.6) is 0 Å². The topological polar surface area (TPSA) is 59.6 Å². The minimum Gasteiger partial charge on any atom is -0.381 e. The van der Waals surface area contributed by atoms with E-state index in [0.717, 1.165) is 39.1 Å². The Morgan fingerprint density at radius 1 is 1.32 bits per heavy atom. The van der Waals surface area contributed by atoms with E-state index in [2.05, 4.69) is 55.3 Å². The number of guanidine groups is 1. The van der Waals surface area contributed by atoms with Crippen molar-refractivity contribution in [2.75, 3.05) is 26.3 Å². The van der Waals surface area contributed by atoms with Gasteiger partial charge in [-0.15, -0.1) is 0 Å². The Bertz CT molecular complexity index is 505. The molecule has 0 unspecified atom stereocenters. The van der Waals surface area contributed by atoms with Gasteiger partial charge >= 0.3 is 0 Å². The molecule has 1 aliphatic rings. The van der Waals surface area contributed by atoms with Gasteiger partial charge in [-0.3, -0.25) is 4.99 Å². The zero-order valence-electron chi connectivity index (χ0n) is 14.1. The first-order valence-corrected chi connectivity index (χ1v) is 8.21. The molecule has 2 rings (SSSR count). The molecule has 1 aromatic carbocycles. The summed E-state index contributed by atoms with van der Waals surface area (Å²) in [7, 11) is 0. The van der Waals surface area contributed by atoms with E-state index in [0.29, 0.717) is 11.9 Å². The van der Waals surface area contributed by atoms with Crippen molar-refractivity contribution in [1.82, 2.24) is 5.32 Å². The SMILES string of the molecule is Cc1ccccc1C1(CN=C(N)NCC(C)C)CCOCC1. The van der Waals surface area contributed by atoms with Gasteiger partial charge in [0.2, 0.25) is 0 Å². The van der Waals surface area contributed by atoms with Gasteiger partial charge in [0.1, 0.15) is 0 Å². The maximum Gasteiger partial charge on any atom is 0.188 e. The number of aliphatic imine (C=N–C) groups is 1. The highest BCUT2D eigenvalue weighted by atomic mass is 16.5. The van der Waals surface area contributed by atoms with Gasteiger partial charge in [-0.05, 0) is 36.8 Å². The number of benzene rings is 1. The van der Waals surface area contributed by atoms with Gasteiger partial charge in [0, 0.05) is 25.2 Å². The molecule has 1 fully saturated rings. The predicted molar refractivity (Wildman–Crippen MR) is 92.2 cm³/mol. The summed E-state index contributed by atoms with van der Waals surface area (Å²) in [5, 5.41) is 3.20. The molecule has 0 atom stereocenters. The molecule has 4 heteroatoms. The van der Waals surface area contributed by atoms with Crippen molar-refractivity contribution < 1.29 is 4.74 Å². The molecule has 1 heterocycles. The van der Waals surface area contributed by atoms with E-state index in [4.69, 9.17) is 10.5 Å². The molecule has 0 saturated carbocycles. The van der Waals surface area contributed by atoms with Crippen molar-refractivity contribution >= 4 is 5.96 Å². The summed E-state index contributed by atoms with van der Waals surface area (Å²) in [6.45, 7) is 9.66. The second-order valence-corrected chi connectivity index (χ2v) is 6.68. The Hall–Kier alpha value is -1.55. The largest absolute Gasteiger partial charge is 0.381 e. The normalized spacial score (nSPS) is 18.5. The molecule has 0 bridgehead atoms. The third-order valence-electron chi connectivity index (χ3n) is 4.41. The third kappa shape index (κ3) is 4.23. The summed E-state index contributed by atoms with van der Waals surface area (Å²) in [6, 6.07) is 8.61. The number of nitrogens with two attached hydrogens (primary N) is 1. The Morgan fingerprint density at radius 2 is 2.00 bits per heavy atom. The van der Waals surface area contributed by atoms with Crippen LogP contribution < -0.4 is 11.1 Å². The van der Waals surface area contributed by atoms with Gasteiger partial charge in [0.05, 0.1) is 6.54 Å².